The molecule has 0 aliphatic rings. The molecule has 0 amide bonds. The number of aromatic nitrogens is 1. The van der Waals surface area contributed by atoms with Gasteiger partial charge in [0.1, 0.15) is 5.75 Å². The van der Waals surface area contributed by atoms with Crippen LogP contribution in [0.4, 0.5) is 5.13 Å². The zero-order chi connectivity index (χ0) is 11.7. The third-order valence-electron chi connectivity index (χ3n) is 2.50. The van der Waals surface area contributed by atoms with Crippen molar-refractivity contribution in [1.82, 2.24) is 4.98 Å². The van der Waals surface area contributed by atoms with Crippen molar-refractivity contribution in [2.24, 2.45) is 0 Å². The van der Waals surface area contributed by atoms with Crippen molar-refractivity contribution in [3.63, 3.8) is 0 Å². The van der Waals surface area contributed by atoms with E-state index in [2.05, 4.69) is 4.98 Å². The van der Waals surface area contributed by atoms with Gasteiger partial charge in [-0.3, -0.25) is 0 Å². The molecule has 0 aliphatic heterocycles. The van der Waals surface area contributed by atoms with Crippen molar-refractivity contribution in [3.8, 4) is 5.75 Å². The van der Waals surface area contributed by atoms with E-state index in [0.29, 0.717) is 11.6 Å². The largest absolute Gasteiger partial charge is 0.497 e. The molecule has 2 rings (SSSR count). The maximum atomic E-state index is 9.92. The Morgan fingerprint density at radius 3 is 2.94 bits per heavy atom. The molecule has 16 heavy (non-hydrogen) atoms. The van der Waals surface area contributed by atoms with E-state index in [1.54, 1.807) is 7.11 Å². The van der Waals surface area contributed by atoms with Gasteiger partial charge in [0.05, 0.1) is 23.4 Å². The van der Waals surface area contributed by atoms with Gasteiger partial charge in [-0.05, 0) is 18.6 Å². The fraction of sp³-hybridized carbons (Fsp3) is 0.364. The molecule has 2 aromatic rings. The summed E-state index contributed by atoms with van der Waals surface area (Å²) in [6.07, 6.45) is 0.110. The first-order valence-corrected chi connectivity index (χ1v) is 5.89. The number of fused-ring (bicyclic) bond motifs is 1. The summed E-state index contributed by atoms with van der Waals surface area (Å²) in [4.78, 5) is 4.24. The van der Waals surface area contributed by atoms with Gasteiger partial charge in [-0.15, -0.1) is 0 Å². The normalized spacial score (nSPS) is 12.9. The first-order chi connectivity index (χ1) is 7.65. The number of aliphatic hydroxyl groups excluding tert-OH is 1. The predicted octanol–water partition coefficient (Wildman–Crippen LogP) is 2.33. The summed E-state index contributed by atoms with van der Waals surface area (Å²) in [6, 6.07) is 3.70. The van der Waals surface area contributed by atoms with Gasteiger partial charge in [-0.1, -0.05) is 18.3 Å². The van der Waals surface area contributed by atoms with Crippen molar-refractivity contribution in [2.75, 3.05) is 12.8 Å². The molecule has 4 nitrogen and oxygen atoms in total. The van der Waals surface area contributed by atoms with Crippen LogP contribution in [0.1, 0.15) is 25.0 Å². The van der Waals surface area contributed by atoms with E-state index in [4.69, 9.17) is 10.5 Å². The second kappa shape index (κ2) is 4.27. The highest BCUT2D eigenvalue weighted by Gasteiger charge is 2.14. The first-order valence-electron chi connectivity index (χ1n) is 5.07. The molecule has 3 N–H and O–H groups in total. The quantitative estimate of drug-likeness (QED) is 0.861. The Morgan fingerprint density at radius 1 is 1.56 bits per heavy atom. The van der Waals surface area contributed by atoms with Crippen molar-refractivity contribution < 1.29 is 9.84 Å². The summed E-state index contributed by atoms with van der Waals surface area (Å²) in [7, 11) is 1.60. The first kappa shape index (κ1) is 11.2. The molecule has 1 aromatic carbocycles. The molecule has 0 bridgehead atoms. The Hall–Kier alpha value is -1.33. The minimum Gasteiger partial charge on any atom is -0.497 e. The van der Waals surface area contributed by atoms with E-state index in [1.807, 2.05) is 19.1 Å². The summed E-state index contributed by atoms with van der Waals surface area (Å²) in [6.45, 7) is 1.92. The van der Waals surface area contributed by atoms with E-state index in [9.17, 15) is 5.11 Å². The monoisotopic (exact) mass is 238 g/mol. The molecule has 1 heterocycles. The van der Waals surface area contributed by atoms with E-state index in [-0.39, 0.29) is 0 Å². The number of aliphatic hydroxyl groups is 1. The molecular formula is C11H14N2O2S. The van der Waals surface area contributed by atoms with Crippen LogP contribution in [-0.4, -0.2) is 17.2 Å². The number of ether oxygens (including phenoxy) is 1. The third kappa shape index (κ3) is 1.83. The van der Waals surface area contributed by atoms with Gasteiger partial charge < -0.3 is 15.6 Å². The molecule has 86 valence electrons. The van der Waals surface area contributed by atoms with Crippen molar-refractivity contribution in [3.05, 3.63) is 17.7 Å². The molecule has 0 aliphatic carbocycles. The van der Waals surface area contributed by atoms with Gasteiger partial charge >= 0.3 is 0 Å². The minimum atomic E-state index is -0.529. The maximum Gasteiger partial charge on any atom is 0.181 e. The van der Waals surface area contributed by atoms with E-state index < -0.39 is 6.10 Å². The molecule has 1 aromatic heterocycles. The average molecular weight is 238 g/mol. The smallest absolute Gasteiger partial charge is 0.181 e. The lowest BCUT2D eigenvalue weighted by Crippen LogP contribution is -1.97. The zero-order valence-electron chi connectivity index (χ0n) is 9.23. The second-order valence-electron chi connectivity index (χ2n) is 3.54. The molecule has 0 saturated carbocycles. The lowest BCUT2D eigenvalue weighted by molar-refractivity contribution is 0.174. The highest BCUT2D eigenvalue weighted by Crippen LogP contribution is 2.34. The summed E-state index contributed by atoms with van der Waals surface area (Å²) < 4.78 is 6.14. The lowest BCUT2D eigenvalue weighted by atomic mass is 10.1. The standard InChI is InChI=1S/C11H14N2O2S/c1-3-8(14)7-4-6(15-2)5-9-10(7)13-11(12)16-9/h4-5,8,14H,3H2,1-2H3,(H2,12,13). The number of nitrogens with two attached hydrogens (primary N) is 1. The number of thiazole rings is 1. The topological polar surface area (TPSA) is 68.4 Å². The van der Waals surface area contributed by atoms with Gasteiger partial charge in [0.25, 0.3) is 0 Å². The Morgan fingerprint density at radius 2 is 2.31 bits per heavy atom. The number of rotatable bonds is 3. The Balaban J connectivity index is 2.67. The van der Waals surface area contributed by atoms with Crippen LogP contribution in [0.25, 0.3) is 10.2 Å². The molecule has 0 saturated heterocycles. The third-order valence-corrected chi connectivity index (χ3v) is 3.33. The van der Waals surface area contributed by atoms with Crippen LogP contribution in [-0.2, 0) is 0 Å². The van der Waals surface area contributed by atoms with Crippen LogP contribution in [0.5, 0.6) is 5.75 Å². The van der Waals surface area contributed by atoms with Crippen LogP contribution in [0, 0.1) is 0 Å². The summed E-state index contributed by atoms with van der Waals surface area (Å²) >= 11 is 1.40. The summed E-state index contributed by atoms with van der Waals surface area (Å²) in [5.74, 6) is 0.721. The number of hydrogen-bond acceptors (Lipinski definition) is 5. The fourth-order valence-electron chi connectivity index (χ4n) is 1.64. The summed E-state index contributed by atoms with van der Waals surface area (Å²) in [5, 5.41) is 10.4. The van der Waals surface area contributed by atoms with Gasteiger partial charge in [0.15, 0.2) is 5.13 Å². The fourth-order valence-corrected chi connectivity index (χ4v) is 2.44. The van der Waals surface area contributed by atoms with Gasteiger partial charge in [0, 0.05) is 5.56 Å². The van der Waals surface area contributed by atoms with Gasteiger partial charge in [-0.2, -0.15) is 0 Å². The van der Waals surface area contributed by atoms with Crippen LogP contribution in [0.2, 0.25) is 0 Å². The average Bonchev–Trinajstić information content (AvgIpc) is 2.66. The molecule has 0 radical (unpaired) electrons. The SMILES string of the molecule is CCC(O)c1cc(OC)cc2sc(N)nc12. The van der Waals surface area contributed by atoms with Crippen LogP contribution >= 0.6 is 11.3 Å². The Kier molecular flexibility index (Phi) is 2.98. The van der Waals surface area contributed by atoms with Gasteiger partial charge in [-0.25, -0.2) is 4.98 Å². The lowest BCUT2D eigenvalue weighted by Gasteiger charge is -2.10. The molecule has 1 unspecified atom stereocenters. The minimum absolute atomic E-state index is 0.507. The summed E-state index contributed by atoms with van der Waals surface area (Å²) in [5.41, 5.74) is 7.24. The number of nitrogens with zero attached hydrogens (tertiary/aromatic N) is 1. The van der Waals surface area contributed by atoms with Crippen molar-refractivity contribution in [1.29, 1.82) is 0 Å². The predicted molar refractivity (Wildman–Crippen MR) is 65.8 cm³/mol. The Labute approximate surface area is 97.7 Å². The number of methoxy groups -OCH3 is 1. The zero-order valence-corrected chi connectivity index (χ0v) is 10.0. The highest BCUT2D eigenvalue weighted by molar-refractivity contribution is 7.22. The van der Waals surface area contributed by atoms with Crippen LogP contribution in [0.15, 0.2) is 12.1 Å². The molecule has 1 atom stereocenters. The number of nitrogen functional groups attached to an aromatic ring is 1. The number of benzene rings is 1. The van der Waals surface area contributed by atoms with Crippen LogP contribution in [0.3, 0.4) is 0 Å². The number of anilines is 1. The van der Waals surface area contributed by atoms with E-state index in [1.165, 1.54) is 11.3 Å². The highest BCUT2D eigenvalue weighted by atomic mass is 32.1. The van der Waals surface area contributed by atoms with Gasteiger partial charge in [0.2, 0.25) is 0 Å². The molecule has 5 heteroatoms. The molecule has 0 spiro atoms. The number of hydrogen-bond donors (Lipinski definition) is 2. The van der Waals surface area contributed by atoms with Crippen molar-refractivity contribution in [2.45, 2.75) is 19.4 Å². The molecular weight excluding hydrogens is 224 g/mol. The maximum absolute atomic E-state index is 9.92. The van der Waals surface area contributed by atoms with Crippen molar-refractivity contribution >= 4 is 26.7 Å². The van der Waals surface area contributed by atoms with Crippen LogP contribution < -0.4 is 10.5 Å². The van der Waals surface area contributed by atoms with E-state index in [0.717, 1.165) is 21.5 Å². The van der Waals surface area contributed by atoms with E-state index >= 15 is 0 Å². The Bertz CT molecular complexity index is 510. The molecule has 0 fully saturated rings. The second-order valence-corrected chi connectivity index (χ2v) is 4.60.